The van der Waals surface area contributed by atoms with Crippen LogP contribution in [0.25, 0.3) is 0 Å². The van der Waals surface area contributed by atoms with Crippen molar-refractivity contribution in [3.8, 4) is 0 Å². The lowest BCUT2D eigenvalue weighted by Gasteiger charge is -2.30. The molecule has 32 heavy (non-hydrogen) atoms. The van der Waals surface area contributed by atoms with Crippen LogP contribution < -0.4 is 11.0 Å². The van der Waals surface area contributed by atoms with Crippen LogP contribution in [0.15, 0.2) is 29.1 Å². The maximum Gasteiger partial charge on any atom is 0.345 e. The Hall–Kier alpha value is -2.98. The van der Waals surface area contributed by atoms with Gasteiger partial charge in [0.15, 0.2) is 0 Å². The van der Waals surface area contributed by atoms with Crippen LogP contribution in [0.4, 0.5) is 5.69 Å². The molecule has 1 aliphatic heterocycles. The maximum atomic E-state index is 12.5. The van der Waals surface area contributed by atoms with Gasteiger partial charge in [-0.25, -0.2) is 14.3 Å². The fourth-order valence-electron chi connectivity index (χ4n) is 3.94. The van der Waals surface area contributed by atoms with Crippen molar-refractivity contribution in [1.29, 1.82) is 0 Å². The molecule has 1 aromatic carbocycles. The fourth-order valence-corrected chi connectivity index (χ4v) is 3.94. The second-order valence-corrected chi connectivity index (χ2v) is 7.77. The number of carbonyl (C=O) groups excluding carboxylic acids is 2. The van der Waals surface area contributed by atoms with Gasteiger partial charge < -0.3 is 14.8 Å². The van der Waals surface area contributed by atoms with Crippen LogP contribution in [0.1, 0.15) is 41.9 Å². The average molecular weight is 446 g/mol. The molecule has 1 fully saturated rings. The first kappa shape index (κ1) is 23.7. The van der Waals surface area contributed by atoms with Crippen LogP contribution in [0, 0.1) is 0 Å². The summed E-state index contributed by atoms with van der Waals surface area (Å²) < 4.78 is 13.0. The number of likely N-dealkylation sites (tertiary alicyclic amines) is 1. The van der Waals surface area contributed by atoms with Crippen molar-refractivity contribution in [2.45, 2.75) is 38.8 Å². The summed E-state index contributed by atoms with van der Waals surface area (Å²) in [7, 11) is 2.93. The highest BCUT2D eigenvalue weighted by molar-refractivity contribution is 5.93. The molecule has 10 heteroatoms. The molecule has 0 atom stereocenters. The van der Waals surface area contributed by atoms with E-state index in [2.05, 4.69) is 20.1 Å². The van der Waals surface area contributed by atoms with E-state index in [1.807, 2.05) is 6.92 Å². The summed E-state index contributed by atoms with van der Waals surface area (Å²) in [5.41, 5.74) is 0.966. The summed E-state index contributed by atoms with van der Waals surface area (Å²) >= 11 is 0. The van der Waals surface area contributed by atoms with E-state index >= 15 is 0 Å². The highest BCUT2D eigenvalue weighted by Gasteiger charge is 2.27. The van der Waals surface area contributed by atoms with Gasteiger partial charge in [-0.15, -0.1) is 0 Å². The Morgan fingerprint density at radius 3 is 2.44 bits per heavy atom. The van der Waals surface area contributed by atoms with Crippen molar-refractivity contribution in [3.05, 3.63) is 46.1 Å². The molecule has 0 saturated carbocycles. The number of nitrogens with zero attached hydrogens (tertiary/aromatic N) is 4. The van der Waals surface area contributed by atoms with Crippen LogP contribution in [0.5, 0.6) is 0 Å². The topological polar surface area (TPSA) is 108 Å². The number of piperidine rings is 1. The first-order valence-corrected chi connectivity index (χ1v) is 10.8. The fraction of sp³-hybridized carbons (Fsp3) is 0.545. The lowest BCUT2D eigenvalue weighted by Crippen LogP contribution is -2.39. The number of benzene rings is 1. The van der Waals surface area contributed by atoms with Gasteiger partial charge >= 0.3 is 11.7 Å². The molecule has 1 amide bonds. The number of rotatable bonds is 9. The predicted octanol–water partition coefficient (Wildman–Crippen LogP) is 1.32. The Kier molecular flexibility index (Phi) is 8.18. The Morgan fingerprint density at radius 2 is 1.84 bits per heavy atom. The Morgan fingerprint density at radius 1 is 1.16 bits per heavy atom. The van der Waals surface area contributed by atoms with E-state index in [0.29, 0.717) is 30.9 Å². The molecule has 2 aromatic rings. The summed E-state index contributed by atoms with van der Waals surface area (Å²) in [6.07, 6.45) is 1.67. The molecule has 0 bridgehead atoms. The standard InChI is InChI=1S/C22H31N5O5/c1-4-26-20(24-27(22(26)30)13-14-31-2)16-9-11-25(12-10-16)15-19(28)23-18-7-5-17(6-8-18)21(29)32-3/h5-8,16H,4,9-15H2,1-3H3,(H,23,28). The molecular weight excluding hydrogens is 414 g/mol. The van der Waals surface area contributed by atoms with Crippen LogP contribution in [0.2, 0.25) is 0 Å². The van der Waals surface area contributed by atoms with Gasteiger partial charge in [-0.2, -0.15) is 5.10 Å². The summed E-state index contributed by atoms with van der Waals surface area (Å²) in [5, 5.41) is 7.42. The van der Waals surface area contributed by atoms with Crippen molar-refractivity contribution in [2.75, 3.05) is 45.8 Å². The van der Waals surface area contributed by atoms with E-state index in [1.165, 1.54) is 11.8 Å². The van der Waals surface area contributed by atoms with Crippen LogP contribution >= 0.6 is 0 Å². The summed E-state index contributed by atoms with van der Waals surface area (Å²) in [6, 6.07) is 6.60. The number of methoxy groups -OCH3 is 2. The summed E-state index contributed by atoms with van der Waals surface area (Å²) in [6.45, 7) is 5.20. The third-order valence-electron chi connectivity index (χ3n) is 5.68. The summed E-state index contributed by atoms with van der Waals surface area (Å²) in [4.78, 5) is 38.6. The van der Waals surface area contributed by atoms with Crippen LogP contribution in [0.3, 0.4) is 0 Å². The number of anilines is 1. The number of nitrogens with one attached hydrogen (secondary N) is 1. The molecule has 0 unspecified atom stereocenters. The van der Waals surface area contributed by atoms with Crippen molar-refractivity contribution < 1.29 is 19.1 Å². The predicted molar refractivity (Wildman–Crippen MR) is 119 cm³/mol. The van der Waals surface area contributed by atoms with Crippen molar-refractivity contribution in [1.82, 2.24) is 19.2 Å². The molecule has 2 heterocycles. The number of esters is 1. The minimum atomic E-state index is -0.414. The van der Waals surface area contributed by atoms with Gasteiger partial charge in [0, 0.05) is 25.3 Å². The van der Waals surface area contributed by atoms with Crippen molar-refractivity contribution >= 4 is 17.6 Å². The number of amides is 1. The lowest BCUT2D eigenvalue weighted by molar-refractivity contribution is -0.117. The second kappa shape index (κ2) is 11.1. The molecule has 1 saturated heterocycles. The minimum Gasteiger partial charge on any atom is -0.465 e. The number of carbonyl (C=O) groups is 2. The van der Waals surface area contributed by atoms with Crippen LogP contribution in [-0.4, -0.2) is 71.6 Å². The Balaban J connectivity index is 1.53. The molecule has 174 valence electrons. The first-order valence-electron chi connectivity index (χ1n) is 10.8. The molecule has 0 spiro atoms. The second-order valence-electron chi connectivity index (χ2n) is 7.77. The van der Waals surface area contributed by atoms with E-state index in [0.717, 1.165) is 31.8 Å². The third kappa shape index (κ3) is 5.63. The average Bonchev–Trinajstić information content (AvgIpc) is 3.13. The summed E-state index contributed by atoms with van der Waals surface area (Å²) in [5.74, 6) is 0.492. The number of ether oxygens (including phenoxy) is 2. The van der Waals surface area contributed by atoms with E-state index in [-0.39, 0.29) is 24.1 Å². The Bertz CT molecular complexity index is 974. The van der Waals surface area contributed by atoms with Gasteiger partial charge in [0.25, 0.3) is 0 Å². The number of hydrogen-bond acceptors (Lipinski definition) is 7. The van der Waals surface area contributed by atoms with Gasteiger partial charge in [-0.1, -0.05) is 0 Å². The largest absolute Gasteiger partial charge is 0.465 e. The Labute approximate surface area is 187 Å². The smallest absolute Gasteiger partial charge is 0.345 e. The molecule has 3 rings (SSSR count). The number of hydrogen-bond donors (Lipinski definition) is 1. The van der Waals surface area contributed by atoms with E-state index in [9.17, 15) is 14.4 Å². The minimum absolute atomic E-state index is 0.0976. The first-order chi connectivity index (χ1) is 15.5. The van der Waals surface area contributed by atoms with Gasteiger partial charge in [0.05, 0.1) is 32.4 Å². The van der Waals surface area contributed by atoms with E-state index in [1.54, 1.807) is 35.9 Å². The van der Waals surface area contributed by atoms with Crippen molar-refractivity contribution in [3.63, 3.8) is 0 Å². The zero-order valence-electron chi connectivity index (χ0n) is 18.9. The van der Waals surface area contributed by atoms with Gasteiger partial charge in [-0.3, -0.25) is 14.3 Å². The highest BCUT2D eigenvalue weighted by atomic mass is 16.5. The normalized spacial score (nSPS) is 15.0. The number of aromatic nitrogens is 3. The molecule has 1 N–H and O–H groups in total. The van der Waals surface area contributed by atoms with Crippen LogP contribution in [-0.2, 0) is 27.4 Å². The molecular formula is C22H31N5O5. The van der Waals surface area contributed by atoms with Gasteiger partial charge in [-0.05, 0) is 57.1 Å². The maximum absolute atomic E-state index is 12.5. The van der Waals surface area contributed by atoms with E-state index < -0.39 is 5.97 Å². The van der Waals surface area contributed by atoms with Crippen molar-refractivity contribution in [2.24, 2.45) is 0 Å². The molecule has 1 aromatic heterocycles. The lowest BCUT2D eigenvalue weighted by atomic mass is 9.96. The van der Waals surface area contributed by atoms with Gasteiger partial charge in [0.1, 0.15) is 5.82 Å². The third-order valence-corrected chi connectivity index (χ3v) is 5.68. The molecule has 1 aliphatic rings. The quantitative estimate of drug-likeness (QED) is 0.580. The van der Waals surface area contributed by atoms with E-state index in [4.69, 9.17) is 4.74 Å². The zero-order valence-corrected chi connectivity index (χ0v) is 18.9. The highest BCUT2D eigenvalue weighted by Crippen LogP contribution is 2.26. The molecule has 0 aliphatic carbocycles. The van der Waals surface area contributed by atoms with Gasteiger partial charge in [0.2, 0.25) is 5.91 Å². The monoisotopic (exact) mass is 445 g/mol. The zero-order chi connectivity index (χ0) is 23.1. The molecule has 10 nitrogen and oxygen atoms in total. The SMILES string of the molecule is CCn1c(C2CCN(CC(=O)Nc3ccc(C(=O)OC)cc3)CC2)nn(CCOC)c1=O. The molecule has 0 radical (unpaired) electrons.